The fourth-order valence-corrected chi connectivity index (χ4v) is 3.64. The molecule has 3 rings (SSSR count). The Morgan fingerprint density at radius 2 is 1.05 bits per heavy atom. The number of primary amides is 1. The summed E-state index contributed by atoms with van der Waals surface area (Å²) in [5.74, 6) is -1.86. The molecule has 1 aliphatic carbocycles. The van der Waals surface area contributed by atoms with Crippen LogP contribution in [0.5, 0.6) is 11.5 Å². The van der Waals surface area contributed by atoms with Crippen molar-refractivity contribution in [3.05, 3.63) is 46.5 Å². The highest BCUT2D eigenvalue weighted by Crippen LogP contribution is 2.42. The highest BCUT2D eigenvalue weighted by atomic mass is 16.5. The summed E-state index contributed by atoms with van der Waals surface area (Å²) in [5.41, 5.74) is 6.14. The number of carbonyl (C=O) groups is 3. The molecule has 0 aliphatic heterocycles. The van der Waals surface area contributed by atoms with Gasteiger partial charge in [-0.1, -0.05) is 0 Å². The van der Waals surface area contributed by atoms with E-state index in [0.29, 0.717) is 50.6 Å². The van der Waals surface area contributed by atoms with E-state index in [1.54, 1.807) is 12.1 Å². The Kier molecular flexibility index (Phi) is 11.5. The summed E-state index contributed by atoms with van der Waals surface area (Å²) in [5, 5.41) is 58.0. The molecule has 0 unspecified atom stereocenters. The number of hydrogen-bond donors (Lipinski definition) is 11. The first-order valence-electron chi connectivity index (χ1n) is 11.4. The molecule has 0 saturated carbocycles. The number of phenols is 2. The van der Waals surface area contributed by atoms with Gasteiger partial charge in [0, 0.05) is 50.6 Å². The molecule has 2 amide bonds. The monoisotopic (exact) mass is 520 g/mol. The predicted molar refractivity (Wildman–Crippen MR) is 134 cm³/mol. The topological polar surface area (TPSA) is 239 Å². The average Bonchev–Trinajstić information content (AvgIpc) is 2.88. The van der Waals surface area contributed by atoms with Crippen molar-refractivity contribution < 1.29 is 40.0 Å². The molecule has 2 aromatic carbocycles. The van der Waals surface area contributed by atoms with Gasteiger partial charge >= 0.3 is 6.03 Å². The Bertz CT molecular complexity index is 1030. The molecule has 37 heavy (non-hydrogen) atoms. The summed E-state index contributed by atoms with van der Waals surface area (Å²) < 4.78 is 0. The quantitative estimate of drug-likeness (QED) is 0.0591. The van der Waals surface area contributed by atoms with Crippen LogP contribution >= 0.6 is 0 Å². The second-order valence-electron chi connectivity index (χ2n) is 7.70. The van der Waals surface area contributed by atoms with Crippen LogP contribution in [0.15, 0.2) is 24.3 Å². The number of aliphatic hydroxyl groups is 2. The van der Waals surface area contributed by atoms with Crippen molar-refractivity contribution in [3.8, 4) is 11.5 Å². The average molecular weight is 521 g/mol. The van der Waals surface area contributed by atoms with Crippen LogP contribution in [0.1, 0.15) is 31.8 Å². The maximum absolute atomic E-state index is 13.4. The lowest BCUT2D eigenvalue weighted by Crippen LogP contribution is -2.28. The van der Waals surface area contributed by atoms with Crippen molar-refractivity contribution in [2.75, 3.05) is 63.1 Å². The Morgan fingerprint density at radius 1 is 0.676 bits per heavy atom. The molecule has 0 bridgehead atoms. The van der Waals surface area contributed by atoms with Gasteiger partial charge in [0.25, 0.3) is 0 Å². The molecule has 0 spiro atoms. The number of rotatable bonds is 12. The molecule has 12 N–H and O–H groups in total. The van der Waals surface area contributed by atoms with E-state index in [1.165, 1.54) is 17.6 Å². The summed E-state index contributed by atoms with van der Waals surface area (Å²) >= 11 is 0. The number of phenolic OH excluding ortho intramolecular Hbond substituents is 2. The van der Waals surface area contributed by atoms with E-state index in [4.69, 9.17) is 15.4 Å². The number of hydroxylamine groups is 1. The molecule has 0 radical (unpaired) electrons. The number of hydrogen-bond acceptors (Lipinski definition) is 12. The van der Waals surface area contributed by atoms with Crippen molar-refractivity contribution in [1.82, 2.24) is 16.1 Å². The lowest BCUT2D eigenvalue weighted by molar-refractivity contribution is 0.0975. The zero-order valence-corrected chi connectivity index (χ0v) is 20.0. The zero-order valence-electron chi connectivity index (χ0n) is 20.0. The number of nitrogens with two attached hydrogens (primary N) is 1. The van der Waals surface area contributed by atoms with Gasteiger partial charge in [0.2, 0.25) is 11.6 Å². The van der Waals surface area contributed by atoms with Gasteiger partial charge in [-0.2, -0.15) is 0 Å². The third-order valence-corrected chi connectivity index (χ3v) is 5.20. The fourth-order valence-electron chi connectivity index (χ4n) is 3.64. The Morgan fingerprint density at radius 3 is 1.38 bits per heavy atom. The van der Waals surface area contributed by atoms with Gasteiger partial charge < -0.3 is 47.4 Å². The molecule has 14 heteroatoms. The van der Waals surface area contributed by atoms with E-state index < -0.39 is 17.6 Å². The van der Waals surface area contributed by atoms with Gasteiger partial charge in [0.1, 0.15) is 11.5 Å². The van der Waals surface area contributed by atoms with E-state index in [1.807, 2.05) is 0 Å². The summed E-state index contributed by atoms with van der Waals surface area (Å²) in [6.07, 6.45) is 0. The van der Waals surface area contributed by atoms with E-state index in [2.05, 4.69) is 27.0 Å². The number of benzene rings is 2. The maximum Gasteiger partial charge on any atom is 0.335 e. The first kappa shape index (κ1) is 29.3. The van der Waals surface area contributed by atoms with Gasteiger partial charge in [-0.15, -0.1) is 0 Å². The summed E-state index contributed by atoms with van der Waals surface area (Å²) in [6, 6.07) is 4.80. The number of carbonyl (C=O) groups excluding carboxylic acids is 3. The molecular formula is C23H32N6O8. The van der Waals surface area contributed by atoms with E-state index in [-0.39, 0.29) is 47.0 Å². The lowest BCUT2D eigenvalue weighted by Gasteiger charge is -2.25. The fraction of sp³-hybridized carbons (Fsp3) is 0.348. The normalized spacial score (nSPS) is 11.6. The smallest absolute Gasteiger partial charge is 0.335 e. The predicted octanol–water partition coefficient (Wildman–Crippen LogP) is -1.10. The molecular weight excluding hydrogens is 488 g/mol. The number of nitrogens with one attached hydrogen (secondary N) is 5. The van der Waals surface area contributed by atoms with Crippen LogP contribution in [0.4, 0.5) is 16.2 Å². The van der Waals surface area contributed by atoms with Gasteiger partial charge in [0.05, 0.1) is 35.5 Å². The maximum atomic E-state index is 13.4. The van der Waals surface area contributed by atoms with Crippen LogP contribution in [-0.4, -0.2) is 95.7 Å². The number of ketones is 2. The van der Waals surface area contributed by atoms with E-state index >= 15 is 0 Å². The number of amides is 2. The van der Waals surface area contributed by atoms with Crippen LogP contribution < -0.4 is 32.5 Å². The number of anilines is 2. The molecule has 1 aliphatic rings. The third-order valence-electron chi connectivity index (χ3n) is 5.20. The van der Waals surface area contributed by atoms with Gasteiger partial charge in [-0.3, -0.25) is 14.8 Å². The molecule has 0 aromatic heterocycles. The molecule has 2 aromatic rings. The highest BCUT2D eigenvalue weighted by molar-refractivity contribution is 6.33. The molecule has 202 valence electrons. The SMILES string of the molecule is NC(=O)NO.O=C1c2c(O)ccc(O)c2C(=O)c2c(NCCNCCO)ccc(NCCNCCO)c21. The van der Waals surface area contributed by atoms with E-state index in [0.717, 1.165) is 0 Å². The Balaban J connectivity index is 0.000000877. The number of aliphatic hydroxyl groups excluding tert-OH is 2. The Hall–Kier alpha value is -3.95. The third kappa shape index (κ3) is 7.52. The van der Waals surface area contributed by atoms with E-state index in [9.17, 15) is 24.6 Å². The van der Waals surface area contributed by atoms with Crippen LogP contribution in [0.3, 0.4) is 0 Å². The summed E-state index contributed by atoms with van der Waals surface area (Å²) in [6.45, 7) is 2.81. The minimum atomic E-state index is -0.940. The Labute approximate surface area is 212 Å². The minimum Gasteiger partial charge on any atom is -0.507 e. The van der Waals surface area contributed by atoms with Crippen LogP contribution in [0.25, 0.3) is 0 Å². The van der Waals surface area contributed by atoms with Gasteiger partial charge in [-0.25, -0.2) is 10.3 Å². The summed E-state index contributed by atoms with van der Waals surface area (Å²) in [4.78, 5) is 36.0. The van der Waals surface area contributed by atoms with Gasteiger partial charge in [-0.05, 0) is 24.3 Å². The minimum absolute atomic E-state index is 0.00939. The first-order chi connectivity index (χ1) is 17.8. The second-order valence-corrected chi connectivity index (χ2v) is 7.70. The first-order valence-corrected chi connectivity index (χ1v) is 11.4. The molecule has 14 nitrogen and oxygen atoms in total. The molecule has 0 heterocycles. The number of urea groups is 1. The standard InChI is InChI=1S/C22H28N4O6.CH4N2O2/c27-11-9-23-5-7-25-13-1-2-14(26-8-6-24-10-12-28)18-17(13)21(31)19-15(29)3-4-16(30)20(19)22(18)32;2-1(4)3-5/h1-4,23-30H,5-12H2;5H,(H3,2,3,4). The van der Waals surface area contributed by atoms with Crippen molar-refractivity contribution >= 4 is 29.0 Å². The number of aromatic hydroxyl groups is 2. The molecule has 0 saturated heterocycles. The second kappa shape index (κ2) is 14.6. The lowest BCUT2D eigenvalue weighted by atomic mass is 9.81. The van der Waals surface area contributed by atoms with Crippen LogP contribution in [0, 0.1) is 0 Å². The van der Waals surface area contributed by atoms with Crippen molar-refractivity contribution in [2.24, 2.45) is 5.73 Å². The zero-order chi connectivity index (χ0) is 27.4. The highest BCUT2D eigenvalue weighted by Gasteiger charge is 2.37. The number of fused-ring (bicyclic) bond motifs is 2. The largest absolute Gasteiger partial charge is 0.507 e. The van der Waals surface area contributed by atoms with Crippen molar-refractivity contribution in [1.29, 1.82) is 0 Å². The molecule has 0 fully saturated rings. The van der Waals surface area contributed by atoms with Crippen molar-refractivity contribution in [2.45, 2.75) is 0 Å². The summed E-state index contributed by atoms with van der Waals surface area (Å²) in [7, 11) is 0. The van der Waals surface area contributed by atoms with Crippen LogP contribution in [0.2, 0.25) is 0 Å². The van der Waals surface area contributed by atoms with Crippen molar-refractivity contribution in [3.63, 3.8) is 0 Å². The van der Waals surface area contributed by atoms with Gasteiger partial charge in [0.15, 0.2) is 0 Å². The van der Waals surface area contributed by atoms with Crippen LogP contribution in [-0.2, 0) is 0 Å². The molecule has 0 atom stereocenters.